The van der Waals surface area contributed by atoms with Gasteiger partial charge in [-0.2, -0.15) is 0 Å². The molecule has 5 nitrogen and oxygen atoms in total. The number of benzene rings is 2. The summed E-state index contributed by atoms with van der Waals surface area (Å²) < 4.78 is 21.7. The number of fused-ring (bicyclic) bond motifs is 2. The summed E-state index contributed by atoms with van der Waals surface area (Å²) in [6.45, 7) is 2.69. The van der Waals surface area contributed by atoms with Crippen LogP contribution in [0.2, 0.25) is 0 Å². The first-order valence-electron chi connectivity index (χ1n) is 7.35. The summed E-state index contributed by atoms with van der Waals surface area (Å²) in [5, 5.41) is 0. The normalized spacial score (nSPS) is 16.4. The molecule has 0 atom stereocenters. The maximum absolute atomic E-state index is 12.4. The van der Waals surface area contributed by atoms with Gasteiger partial charge in [0.2, 0.25) is 12.6 Å². The summed E-state index contributed by atoms with van der Waals surface area (Å²) >= 11 is 0. The lowest BCUT2D eigenvalue weighted by Crippen LogP contribution is -1.98. The van der Waals surface area contributed by atoms with E-state index in [-0.39, 0.29) is 18.3 Å². The van der Waals surface area contributed by atoms with Gasteiger partial charge in [-0.05, 0) is 42.8 Å². The fourth-order valence-corrected chi connectivity index (χ4v) is 2.58. The molecule has 23 heavy (non-hydrogen) atoms. The Balaban J connectivity index is 1.64. The Morgan fingerprint density at radius 2 is 1.96 bits per heavy atom. The van der Waals surface area contributed by atoms with Crippen molar-refractivity contribution >= 4 is 11.9 Å². The molecule has 0 N–H and O–H groups in total. The molecule has 0 bridgehead atoms. The molecule has 0 saturated heterocycles. The van der Waals surface area contributed by atoms with Crippen LogP contribution in [0.4, 0.5) is 0 Å². The van der Waals surface area contributed by atoms with E-state index in [1.807, 2.05) is 25.1 Å². The van der Waals surface area contributed by atoms with Gasteiger partial charge in [-0.25, -0.2) is 0 Å². The minimum absolute atomic E-state index is 0.138. The molecule has 0 aromatic heterocycles. The zero-order chi connectivity index (χ0) is 15.8. The van der Waals surface area contributed by atoms with E-state index < -0.39 is 0 Å². The van der Waals surface area contributed by atoms with Crippen molar-refractivity contribution in [1.29, 1.82) is 0 Å². The van der Waals surface area contributed by atoms with E-state index in [4.69, 9.17) is 18.9 Å². The largest absolute Gasteiger partial charge is 0.494 e. The number of carbonyl (C=O) groups is 1. The van der Waals surface area contributed by atoms with Crippen LogP contribution in [0.5, 0.6) is 23.0 Å². The summed E-state index contributed by atoms with van der Waals surface area (Å²) in [4.78, 5) is 12.4. The average Bonchev–Trinajstić information content (AvgIpc) is 3.13. The van der Waals surface area contributed by atoms with Crippen molar-refractivity contribution in [3.8, 4) is 23.0 Å². The van der Waals surface area contributed by atoms with Crippen LogP contribution in [0.25, 0.3) is 6.08 Å². The summed E-state index contributed by atoms with van der Waals surface area (Å²) in [6, 6.07) is 10.7. The Hall–Kier alpha value is -2.95. The van der Waals surface area contributed by atoms with Crippen molar-refractivity contribution in [3.05, 3.63) is 53.3 Å². The third-order valence-electron chi connectivity index (χ3n) is 3.65. The summed E-state index contributed by atoms with van der Waals surface area (Å²) in [7, 11) is 0. The first-order chi connectivity index (χ1) is 11.2. The molecule has 116 valence electrons. The molecule has 2 heterocycles. The fourth-order valence-electron chi connectivity index (χ4n) is 2.58. The van der Waals surface area contributed by atoms with Gasteiger partial charge in [-0.15, -0.1) is 0 Å². The van der Waals surface area contributed by atoms with Crippen molar-refractivity contribution in [2.24, 2.45) is 0 Å². The first-order valence-corrected chi connectivity index (χ1v) is 7.35. The zero-order valence-electron chi connectivity index (χ0n) is 12.5. The van der Waals surface area contributed by atoms with Gasteiger partial charge >= 0.3 is 0 Å². The van der Waals surface area contributed by atoms with E-state index in [0.29, 0.717) is 35.2 Å². The van der Waals surface area contributed by atoms with Crippen LogP contribution in [0.15, 0.2) is 42.2 Å². The molecule has 0 saturated carbocycles. The highest BCUT2D eigenvalue weighted by atomic mass is 16.7. The second-order valence-corrected chi connectivity index (χ2v) is 5.14. The molecule has 0 aliphatic carbocycles. The van der Waals surface area contributed by atoms with Crippen LogP contribution in [-0.2, 0) is 0 Å². The maximum Gasteiger partial charge on any atom is 0.231 e. The minimum Gasteiger partial charge on any atom is -0.494 e. The summed E-state index contributed by atoms with van der Waals surface area (Å²) in [6.07, 6.45) is 1.70. The molecule has 0 amide bonds. The predicted molar refractivity (Wildman–Crippen MR) is 83.1 cm³/mol. The van der Waals surface area contributed by atoms with Crippen LogP contribution in [0.1, 0.15) is 22.8 Å². The van der Waals surface area contributed by atoms with Gasteiger partial charge in [0, 0.05) is 6.07 Å². The van der Waals surface area contributed by atoms with Gasteiger partial charge in [-0.1, -0.05) is 6.07 Å². The number of hydrogen-bond donors (Lipinski definition) is 0. The van der Waals surface area contributed by atoms with E-state index in [9.17, 15) is 4.79 Å². The minimum atomic E-state index is -0.138. The number of allylic oxidation sites excluding steroid dienone is 1. The first kappa shape index (κ1) is 13.7. The van der Waals surface area contributed by atoms with Crippen LogP contribution < -0.4 is 18.9 Å². The van der Waals surface area contributed by atoms with Gasteiger partial charge in [0.25, 0.3) is 0 Å². The highest BCUT2D eigenvalue weighted by Gasteiger charge is 2.28. The molecule has 0 spiro atoms. The van der Waals surface area contributed by atoms with Crippen LogP contribution in [0, 0.1) is 0 Å². The lowest BCUT2D eigenvalue weighted by atomic mass is 10.1. The Morgan fingerprint density at radius 3 is 2.83 bits per heavy atom. The smallest absolute Gasteiger partial charge is 0.231 e. The summed E-state index contributed by atoms with van der Waals surface area (Å²) in [5.41, 5.74) is 1.36. The lowest BCUT2D eigenvalue weighted by molar-refractivity contribution is 0.101. The SMILES string of the molecule is CCOc1ccc2c(c1)O/C(=C\c1ccc3c(c1)OCO3)C2=O. The highest BCUT2D eigenvalue weighted by Crippen LogP contribution is 2.36. The van der Waals surface area contributed by atoms with Crippen molar-refractivity contribution in [2.75, 3.05) is 13.4 Å². The Morgan fingerprint density at radius 1 is 1.09 bits per heavy atom. The fraction of sp³-hybridized carbons (Fsp3) is 0.167. The lowest BCUT2D eigenvalue weighted by Gasteiger charge is -2.04. The topological polar surface area (TPSA) is 54.0 Å². The monoisotopic (exact) mass is 310 g/mol. The molecular weight excluding hydrogens is 296 g/mol. The van der Waals surface area contributed by atoms with Crippen molar-refractivity contribution in [1.82, 2.24) is 0 Å². The number of rotatable bonds is 3. The molecule has 2 aromatic rings. The summed E-state index contributed by atoms with van der Waals surface area (Å²) in [5.74, 6) is 2.72. The Bertz CT molecular complexity index is 822. The number of ether oxygens (including phenoxy) is 4. The molecule has 0 fully saturated rings. The molecule has 0 radical (unpaired) electrons. The predicted octanol–water partition coefficient (Wildman–Crippen LogP) is 3.43. The zero-order valence-corrected chi connectivity index (χ0v) is 12.5. The van der Waals surface area contributed by atoms with E-state index in [1.165, 1.54) is 0 Å². The van der Waals surface area contributed by atoms with Crippen LogP contribution in [0.3, 0.4) is 0 Å². The molecular formula is C18H14O5. The second-order valence-electron chi connectivity index (χ2n) is 5.14. The van der Waals surface area contributed by atoms with Gasteiger partial charge in [0.05, 0.1) is 12.2 Å². The van der Waals surface area contributed by atoms with Crippen LogP contribution >= 0.6 is 0 Å². The Labute approximate surface area is 133 Å². The van der Waals surface area contributed by atoms with E-state index in [2.05, 4.69) is 0 Å². The standard InChI is InChI=1S/C18H14O5/c1-2-20-12-4-5-13-15(9-12)23-17(18(13)19)8-11-3-6-14-16(7-11)22-10-21-14/h3-9H,2,10H2,1H3/b17-8-. The van der Waals surface area contributed by atoms with Crippen molar-refractivity contribution in [2.45, 2.75) is 6.92 Å². The third kappa shape index (κ3) is 2.40. The quantitative estimate of drug-likeness (QED) is 0.813. The average molecular weight is 310 g/mol. The highest BCUT2D eigenvalue weighted by molar-refractivity contribution is 6.14. The Kier molecular flexibility index (Phi) is 3.19. The van der Waals surface area contributed by atoms with E-state index in [0.717, 1.165) is 5.56 Å². The van der Waals surface area contributed by atoms with E-state index >= 15 is 0 Å². The van der Waals surface area contributed by atoms with Gasteiger partial charge in [-0.3, -0.25) is 4.79 Å². The van der Waals surface area contributed by atoms with Gasteiger partial charge in [0.15, 0.2) is 17.3 Å². The molecule has 0 unspecified atom stereocenters. The number of carbonyl (C=O) groups excluding carboxylic acids is 1. The van der Waals surface area contributed by atoms with Crippen LogP contribution in [-0.4, -0.2) is 19.2 Å². The van der Waals surface area contributed by atoms with E-state index in [1.54, 1.807) is 24.3 Å². The molecule has 5 heteroatoms. The molecule has 2 aromatic carbocycles. The maximum atomic E-state index is 12.4. The second kappa shape index (κ2) is 5.35. The van der Waals surface area contributed by atoms with Crippen molar-refractivity contribution in [3.63, 3.8) is 0 Å². The molecule has 2 aliphatic heterocycles. The number of Topliss-reactive ketones (excluding diaryl/α,β-unsaturated/α-hetero) is 1. The van der Waals surface area contributed by atoms with Gasteiger partial charge in [0.1, 0.15) is 11.5 Å². The number of ketones is 1. The molecule has 4 rings (SSSR count). The van der Waals surface area contributed by atoms with Crippen molar-refractivity contribution < 1.29 is 23.7 Å². The third-order valence-corrected chi connectivity index (χ3v) is 3.65. The molecule has 2 aliphatic rings. The number of hydrogen-bond acceptors (Lipinski definition) is 5. The van der Waals surface area contributed by atoms with Gasteiger partial charge < -0.3 is 18.9 Å².